The zero-order valence-electron chi connectivity index (χ0n) is 8.43. The highest BCUT2D eigenvalue weighted by atomic mass is 79.9. The lowest BCUT2D eigenvalue weighted by Gasteiger charge is -2.08. The van der Waals surface area contributed by atoms with E-state index in [-0.39, 0.29) is 6.54 Å². The van der Waals surface area contributed by atoms with Gasteiger partial charge in [0.2, 0.25) is 0 Å². The summed E-state index contributed by atoms with van der Waals surface area (Å²) in [5.74, 6) is -0.992. The van der Waals surface area contributed by atoms with E-state index in [0.29, 0.717) is 0 Å². The van der Waals surface area contributed by atoms with E-state index >= 15 is 0 Å². The van der Waals surface area contributed by atoms with Gasteiger partial charge in [0.25, 0.3) is 0 Å². The minimum Gasteiger partial charge on any atom is -0.480 e. The maximum absolute atomic E-state index is 10.7. The van der Waals surface area contributed by atoms with Crippen LogP contribution in [0.1, 0.15) is 0 Å². The summed E-state index contributed by atoms with van der Waals surface area (Å²) in [5.41, 5.74) is 6.49. The molecule has 2 aromatic rings. The lowest BCUT2D eigenvalue weighted by Crippen LogP contribution is -2.34. The number of nitrogens with zero attached hydrogens (tertiary/aromatic N) is 1. The standard InChI is InChI=1S/C11H11BrN2O2/c12-8-5-14(6-9(13)11(15)16)10-4-2-1-3-7(8)10/h1-5,9H,6,13H2,(H,15,16). The van der Waals surface area contributed by atoms with E-state index in [2.05, 4.69) is 15.9 Å². The van der Waals surface area contributed by atoms with Crippen molar-refractivity contribution >= 4 is 32.8 Å². The number of benzene rings is 1. The molecule has 0 amide bonds. The molecule has 1 atom stereocenters. The molecule has 1 aromatic heterocycles. The number of halogens is 1. The molecule has 0 aliphatic carbocycles. The van der Waals surface area contributed by atoms with Gasteiger partial charge in [-0.15, -0.1) is 0 Å². The molecule has 0 aliphatic rings. The van der Waals surface area contributed by atoms with Gasteiger partial charge >= 0.3 is 5.97 Å². The summed E-state index contributed by atoms with van der Waals surface area (Å²) in [7, 11) is 0. The Morgan fingerprint density at radius 2 is 2.19 bits per heavy atom. The summed E-state index contributed by atoms with van der Waals surface area (Å²) in [6, 6.07) is 6.88. The Kier molecular flexibility index (Phi) is 2.98. The molecular weight excluding hydrogens is 272 g/mol. The predicted octanol–water partition coefficient (Wildman–Crippen LogP) is 1.82. The van der Waals surface area contributed by atoms with E-state index in [0.717, 1.165) is 15.4 Å². The number of rotatable bonds is 3. The SMILES string of the molecule is NC(Cn1cc(Br)c2ccccc21)C(=O)O. The van der Waals surface area contributed by atoms with E-state index in [9.17, 15) is 4.79 Å². The van der Waals surface area contributed by atoms with Gasteiger partial charge < -0.3 is 15.4 Å². The van der Waals surface area contributed by atoms with Crippen LogP contribution in [0.3, 0.4) is 0 Å². The van der Waals surface area contributed by atoms with Gasteiger partial charge in [0.05, 0.1) is 0 Å². The third-order valence-corrected chi connectivity index (χ3v) is 3.08. The normalized spacial score (nSPS) is 12.9. The number of carbonyl (C=O) groups is 1. The third kappa shape index (κ3) is 1.96. The Hall–Kier alpha value is -1.33. The summed E-state index contributed by atoms with van der Waals surface area (Å²) >= 11 is 3.44. The van der Waals surface area contributed by atoms with Crippen LogP contribution >= 0.6 is 15.9 Å². The molecule has 3 N–H and O–H groups in total. The fourth-order valence-electron chi connectivity index (χ4n) is 1.64. The number of carboxylic acid groups (broad SMARTS) is 1. The maximum atomic E-state index is 10.7. The van der Waals surface area contributed by atoms with Crippen LogP contribution < -0.4 is 5.73 Å². The van der Waals surface area contributed by atoms with Crippen molar-refractivity contribution in [1.29, 1.82) is 0 Å². The molecule has 1 aromatic carbocycles. The van der Waals surface area contributed by atoms with Crippen molar-refractivity contribution in [2.45, 2.75) is 12.6 Å². The fourth-order valence-corrected chi connectivity index (χ4v) is 2.23. The number of para-hydroxylation sites is 1. The summed E-state index contributed by atoms with van der Waals surface area (Å²) in [5, 5.41) is 9.83. The number of nitrogens with two attached hydrogens (primary N) is 1. The predicted molar refractivity (Wildman–Crippen MR) is 65.2 cm³/mol. The van der Waals surface area contributed by atoms with E-state index in [1.807, 2.05) is 35.0 Å². The number of aliphatic carboxylic acids is 1. The van der Waals surface area contributed by atoms with Gasteiger partial charge in [-0.2, -0.15) is 0 Å². The Labute approximate surface area is 101 Å². The van der Waals surface area contributed by atoms with Gasteiger partial charge in [-0.05, 0) is 22.0 Å². The van der Waals surface area contributed by atoms with E-state index in [1.165, 1.54) is 0 Å². The highest BCUT2D eigenvalue weighted by Gasteiger charge is 2.14. The third-order valence-electron chi connectivity index (χ3n) is 2.45. The molecular formula is C11H11BrN2O2. The molecule has 0 fully saturated rings. The number of hydrogen-bond acceptors (Lipinski definition) is 2. The van der Waals surface area contributed by atoms with Crippen molar-refractivity contribution in [2.75, 3.05) is 0 Å². The topological polar surface area (TPSA) is 68.2 Å². The minimum atomic E-state index is -0.992. The van der Waals surface area contributed by atoms with Gasteiger partial charge in [0.1, 0.15) is 6.04 Å². The van der Waals surface area contributed by atoms with E-state index < -0.39 is 12.0 Å². The lowest BCUT2D eigenvalue weighted by atomic mass is 10.2. The average molecular weight is 283 g/mol. The van der Waals surface area contributed by atoms with Crippen molar-refractivity contribution in [2.24, 2.45) is 5.73 Å². The van der Waals surface area contributed by atoms with Crippen molar-refractivity contribution in [3.05, 3.63) is 34.9 Å². The molecule has 0 radical (unpaired) electrons. The van der Waals surface area contributed by atoms with Crippen LogP contribution in [0, 0.1) is 0 Å². The van der Waals surface area contributed by atoms with Crippen molar-refractivity contribution in [3.8, 4) is 0 Å². The zero-order chi connectivity index (χ0) is 11.7. The molecule has 0 saturated carbocycles. The molecule has 1 heterocycles. The first-order valence-corrected chi connectivity index (χ1v) is 5.60. The molecule has 0 spiro atoms. The summed E-state index contributed by atoms with van der Waals surface area (Å²) in [4.78, 5) is 10.7. The molecule has 0 bridgehead atoms. The lowest BCUT2D eigenvalue weighted by molar-refractivity contribution is -0.138. The molecule has 0 aliphatic heterocycles. The van der Waals surface area contributed by atoms with Gasteiger partial charge in [0, 0.05) is 28.1 Å². The van der Waals surface area contributed by atoms with Crippen LogP contribution in [0.15, 0.2) is 34.9 Å². The monoisotopic (exact) mass is 282 g/mol. The number of carboxylic acids is 1. The van der Waals surface area contributed by atoms with Gasteiger partial charge in [-0.1, -0.05) is 18.2 Å². The van der Waals surface area contributed by atoms with Crippen LogP contribution in [0.25, 0.3) is 10.9 Å². The largest absolute Gasteiger partial charge is 0.480 e. The van der Waals surface area contributed by atoms with Crippen LogP contribution in [0.4, 0.5) is 0 Å². The molecule has 84 valence electrons. The minimum absolute atomic E-state index is 0.265. The highest BCUT2D eigenvalue weighted by molar-refractivity contribution is 9.10. The van der Waals surface area contributed by atoms with E-state index in [1.54, 1.807) is 0 Å². The van der Waals surface area contributed by atoms with Gasteiger partial charge in [0.15, 0.2) is 0 Å². The van der Waals surface area contributed by atoms with Crippen molar-refractivity contribution < 1.29 is 9.90 Å². The molecule has 0 saturated heterocycles. The first-order chi connectivity index (χ1) is 7.59. The zero-order valence-corrected chi connectivity index (χ0v) is 10.0. The Morgan fingerprint density at radius 1 is 1.50 bits per heavy atom. The highest BCUT2D eigenvalue weighted by Crippen LogP contribution is 2.25. The number of fused-ring (bicyclic) bond motifs is 1. The van der Waals surface area contributed by atoms with Crippen LogP contribution in [0.5, 0.6) is 0 Å². The van der Waals surface area contributed by atoms with Crippen molar-refractivity contribution in [1.82, 2.24) is 4.57 Å². The van der Waals surface area contributed by atoms with Gasteiger partial charge in [-0.3, -0.25) is 4.79 Å². The van der Waals surface area contributed by atoms with Crippen LogP contribution in [-0.2, 0) is 11.3 Å². The summed E-state index contributed by atoms with van der Waals surface area (Å²) in [6.07, 6.45) is 1.85. The fraction of sp³-hybridized carbons (Fsp3) is 0.182. The number of aromatic nitrogens is 1. The molecule has 1 unspecified atom stereocenters. The second-order valence-electron chi connectivity index (χ2n) is 3.59. The molecule has 16 heavy (non-hydrogen) atoms. The second-order valence-corrected chi connectivity index (χ2v) is 4.45. The Morgan fingerprint density at radius 3 is 2.88 bits per heavy atom. The summed E-state index contributed by atoms with van der Waals surface area (Å²) in [6.45, 7) is 0.265. The Bertz CT molecular complexity index is 536. The summed E-state index contributed by atoms with van der Waals surface area (Å²) < 4.78 is 2.79. The number of hydrogen-bond donors (Lipinski definition) is 2. The quantitative estimate of drug-likeness (QED) is 0.902. The molecule has 2 rings (SSSR count). The Balaban J connectivity index is 2.42. The second kappa shape index (κ2) is 4.27. The van der Waals surface area contributed by atoms with Crippen molar-refractivity contribution in [3.63, 3.8) is 0 Å². The average Bonchev–Trinajstić information content (AvgIpc) is 2.57. The van der Waals surface area contributed by atoms with Crippen LogP contribution in [0.2, 0.25) is 0 Å². The van der Waals surface area contributed by atoms with E-state index in [4.69, 9.17) is 10.8 Å². The van der Waals surface area contributed by atoms with Gasteiger partial charge in [-0.25, -0.2) is 0 Å². The molecule has 4 nitrogen and oxygen atoms in total. The smallest absolute Gasteiger partial charge is 0.322 e. The molecule has 5 heteroatoms. The van der Waals surface area contributed by atoms with Crippen LogP contribution in [-0.4, -0.2) is 21.7 Å². The first kappa shape index (κ1) is 11.2. The first-order valence-electron chi connectivity index (χ1n) is 4.81. The maximum Gasteiger partial charge on any atom is 0.322 e.